The molecule has 3 heterocycles. The third-order valence-corrected chi connectivity index (χ3v) is 7.34. The van der Waals surface area contributed by atoms with Crippen molar-refractivity contribution in [3.63, 3.8) is 0 Å². The summed E-state index contributed by atoms with van der Waals surface area (Å²) in [5.41, 5.74) is 0. The number of ether oxygens (including phenoxy) is 2. The highest BCUT2D eigenvalue weighted by Gasteiger charge is 2.28. The molecule has 0 saturated carbocycles. The van der Waals surface area contributed by atoms with Crippen LogP contribution in [0.2, 0.25) is 0 Å². The van der Waals surface area contributed by atoms with Crippen LogP contribution in [0.4, 0.5) is 0 Å². The summed E-state index contributed by atoms with van der Waals surface area (Å²) in [5.74, 6) is 0.190. The van der Waals surface area contributed by atoms with Gasteiger partial charge in [0.15, 0.2) is 0 Å². The molecule has 3 aliphatic rings. The average Bonchev–Trinajstić information content (AvgIpc) is 2.75. The Morgan fingerprint density at radius 3 is 2.57 bits per heavy atom. The Morgan fingerprint density at radius 2 is 1.89 bits per heavy atom. The van der Waals surface area contributed by atoms with E-state index in [4.69, 9.17) is 9.47 Å². The molecule has 10 heteroatoms. The Morgan fingerprint density at radius 1 is 1.18 bits per heavy atom. The molecule has 9 nitrogen and oxygen atoms in total. The lowest BCUT2D eigenvalue weighted by Crippen LogP contribution is -2.47. The summed E-state index contributed by atoms with van der Waals surface area (Å²) < 4.78 is 36.9. The molecule has 1 unspecified atom stereocenters. The van der Waals surface area contributed by atoms with Crippen molar-refractivity contribution in [2.75, 3.05) is 45.0 Å². The first-order valence-corrected chi connectivity index (χ1v) is 11.5. The van der Waals surface area contributed by atoms with E-state index >= 15 is 0 Å². The second-order valence-electron chi connectivity index (χ2n) is 7.28. The second kappa shape index (κ2) is 10.2. The Bertz CT molecular complexity index is 682. The highest BCUT2D eigenvalue weighted by atomic mass is 32.2. The van der Waals surface area contributed by atoms with Gasteiger partial charge in [-0.2, -0.15) is 4.31 Å². The van der Waals surface area contributed by atoms with Gasteiger partial charge in [-0.05, 0) is 44.7 Å². The van der Waals surface area contributed by atoms with Crippen LogP contribution in [0.25, 0.3) is 0 Å². The summed E-state index contributed by atoms with van der Waals surface area (Å²) in [6, 6.07) is -0.0942. The third kappa shape index (κ3) is 5.94. The van der Waals surface area contributed by atoms with Crippen molar-refractivity contribution in [3.05, 3.63) is 24.5 Å². The van der Waals surface area contributed by atoms with E-state index in [0.717, 1.165) is 25.9 Å². The van der Waals surface area contributed by atoms with E-state index in [1.807, 2.05) is 0 Å². The maximum absolute atomic E-state index is 12.6. The predicted molar refractivity (Wildman–Crippen MR) is 104 cm³/mol. The van der Waals surface area contributed by atoms with E-state index in [-0.39, 0.29) is 23.5 Å². The van der Waals surface area contributed by atoms with Gasteiger partial charge in [0.05, 0.1) is 5.75 Å². The molecular weight excluding hydrogens is 384 g/mol. The number of hydrogen-bond acceptors (Lipinski definition) is 7. The number of rotatable bonds is 8. The lowest BCUT2D eigenvalue weighted by molar-refractivity contribution is -0.121. The van der Waals surface area contributed by atoms with Crippen LogP contribution < -0.4 is 16.0 Å². The Hall–Kier alpha value is -1.62. The monoisotopic (exact) mass is 414 g/mol. The summed E-state index contributed by atoms with van der Waals surface area (Å²) in [6.45, 7) is 4.24. The van der Waals surface area contributed by atoms with Crippen molar-refractivity contribution in [3.8, 4) is 0 Å². The summed E-state index contributed by atoms with van der Waals surface area (Å²) >= 11 is 0. The van der Waals surface area contributed by atoms with E-state index in [1.165, 1.54) is 18.8 Å². The number of sulfonamides is 1. The van der Waals surface area contributed by atoms with Crippen molar-refractivity contribution in [1.29, 1.82) is 0 Å². The molecule has 0 aromatic carbocycles. The van der Waals surface area contributed by atoms with Crippen molar-refractivity contribution < 1.29 is 22.7 Å². The van der Waals surface area contributed by atoms with Crippen LogP contribution in [0.15, 0.2) is 24.5 Å². The first kappa shape index (κ1) is 21.1. The fourth-order valence-electron chi connectivity index (χ4n) is 3.82. The van der Waals surface area contributed by atoms with Gasteiger partial charge >= 0.3 is 0 Å². The zero-order chi connectivity index (χ0) is 19.8. The van der Waals surface area contributed by atoms with Crippen LogP contribution in [0.3, 0.4) is 0 Å². The fourth-order valence-corrected chi connectivity index (χ4v) is 5.35. The number of nitrogens with one attached hydrogen (secondary N) is 3. The van der Waals surface area contributed by atoms with Crippen molar-refractivity contribution in [1.82, 2.24) is 20.3 Å². The zero-order valence-corrected chi connectivity index (χ0v) is 16.9. The molecule has 3 rings (SSSR count). The molecule has 2 saturated heterocycles. The molecule has 0 radical (unpaired) electrons. The third-order valence-electron chi connectivity index (χ3n) is 5.38. The minimum absolute atomic E-state index is 0.0942. The second-order valence-corrected chi connectivity index (χ2v) is 9.37. The van der Waals surface area contributed by atoms with Gasteiger partial charge < -0.3 is 25.4 Å². The molecule has 3 aliphatic heterocycles. The largest absolute Gasteiger partial charge is 0.465 e. The van der Waals surface area contributed by atoms with Crippen LogP contribution in [0, 0.1) is 5.92 Å². The molecule has 158 valence electrons. The van der Waals surface area contributed by atoms with Gasteiger partial charge in [-0.3, -0.25) is 4.79 Å². The molecule has 0 aromatic heterocycles. The number of hydrogen-bond donors (Lipinski definition) is 3. The molecule has 0 aromatic rings. The number of piperazine rings is 1. The number of piperidine rings is 1. The lowest BCUT2D eigenvalue weighted by atomic mass is 9.87. The van der Waals surface area contributed by atoms with E-state index in [2.05, 4.69) is 16.0 Å². The van der Waals surface area contributed by atoms with Gasteiger partial charge in [-0.25, -0.2) is 8.42 Å². The van der Waals surface area contributed by atoms with Crippen LogP contribution in [-0.2, 0) is 24.3 Å². The van der Waals surface area contributed by atoms with E-state index in [0.29, 0.717) is 44.9 Å². The molecule has 0 spiro atoms. The highest BCUT2D eigenvalue weighted by Crippen LogP contribution is 2.21. The molecule has 1 atom stereocenters. The van der Waals surface area contributed by atoms with Gasteiger partial charge in [0.25, 0.3) is 5.91 Å². The van der Waals surface area contributed by atoms with E-state index in [1.54, 1.807) is 4.31 Å². The number of carbonyl (C=O) groups excluding carboxylic acids is 1. The minimum Gasteiger partial charge on any atom is -0.465 e. The fraction of sp³-hybridized carbons (Fsp3) is 0.722. The maximum Gasteiger partial charge on any atom is 0.290 e. The summed E-state index contributed by atoms with van der Waals surface area (Å²) in [6.07, 6.45) is 6.96. The average molecular weight is 415 g/mol. The molecular formula is C18H30N4O5S. The van der Waals surface area contributed by atoms with Crippen molar-refractivity contribution in [2.45, 2.75) is 31.7 Å². The normalized spacial score (nSPS) is 22.6. The zero-order valence-electron chi connectivity index (χ0n) is 16.1. The summed E-state index contributed by atoms with van der Waals surface area (Å²) in [7, 11) is -3.26. The van der Waals surface area contributed by atoms with Crippen LogP contribution >= 0.6 is 0 Å². The molecule has 2 fully saturated rings. The smallest absolute Gasteiger partial charge is 0.290 e. The molecule has 0 aliphatic carbocycles. The van der Waals surface area contributed by atoms with Crippen LogP contribution in [0.5, 0.6) is 0 Å². The van der Waals surface area contributed by atoms with E-state index < -0.39 is 10.0 Å². The van der Waals surface area contributed by atoms with Crippen molar-refractivity contribution in [2.24, 2.45) is 5.92 Å². The van der Waals surface area contributed by atoms with Gasteiger partial charge in [-0.15, -0.1) is 0 Å². The quantitative estimate of drug-likeness (QED) is 0.507. The Kier molecular flexibility index (Phi) is 7.72. The van der Waals surface area contributed by atoms with Gasteiger partial charge in [0, 0.05) is 32.2 Å². The molecule has 0 bridgehead atoms. The molecule has 28 heavy (non-hydrogen) atoms. The Labute approximate surface area is 166 Å². The van der Waals surface area contributed by atoms with Crippen LogP contribution in [0.1, 0.15) is 25.7 Å². The number of nitrogens with zero attached hydrogens (tertiary/aromatic N) is 1. The van der Waals surface area contributed by atoms with Gasteiger partial charge in [0.2, 0.25) is 15.8 Å². The van der Waals surface area contributed by atoms with Crippen molar-refractivity contribution >= 4 is 15.9 Å². The Balaban J connectivity index is 1.55. The van der Waals surface area contributed by atoms with Crippen LogP contribution in [-0.4, -0.2) is 69.7 Å². The maximum atomic E-state index is 12.6. The standard InChI is InChI=1S/C18H30N4O5S/c23-18(17-14-26-11-12-27-17)21-16(15-3-5-19-6-4-15)2-1-13-28(24,25)22-9-7-20-8-10-22/h11-12,14-16,19-20H,1-10,13H2,(H,21,23). The van der Waals surface area contributed by atoms with Gasteiger partial charge in [-0.1, -0.05) is 0 Å². The predicted octanol–water partition coefficient (Wildman–Crippen LogP) is -0.155. The summed E-state index contributed by atoms with van der Waals surface area (Å²) in [4.78, 5) is 12.5. The SMILES string of the molecule is O=C(NC(CCCS(=O)(=O)N1CCNCC1)C1CCNCC1)C1=COC=CO1. The first-order chi connectivity index (χ1) is 13.6. The highest BCUT2D eigenvalue weighted by molar-refractivity contribution is 7.89. The summed E-state index contributed by atoms with van der Waals surface area (Å²) in [5, 5.41) is 9.52. The minimum atomic E-state index is -3.26. The topological polar surface area (TPSA) is 109 Å². The van der Waals surface area contributed by atoms with E-state index in [9.17, 15) is 13.2 Å². The number of amides is 1. The van der Waals surface area contributed by atoms with Gasteiger partial charge in [0.1, 0.15) is 18.8 Å². The first-order valence-electron chi connectivity index (χ1n) is 9.94. The molecule has 3 N–H and O–H groups in total. The molecule has 1 amide bonds. The number of carbonyl (C=O) groups is 1. The lowest BCUT2D eigenvalue weighted by Gasteiger charge is -2.32.